The van der Waals surface area contributed by atoms with Crippen molar-refractivity contribution in [3.8, 4) is 0 Å². The van der Waals surface area contributed by atoms with Gasteiger partial charge in [0.15, 0.2) is 0 Å². The van der Waals surface area contributed by atoms with Crippen LogP contribution < -0.4 is 5.73 Å². The van der Waals surface area contributed by atoms with Crippen LogP contribution in [0, 0.1) is 13.8 Å². The Morgan fingerprint density at radius 1 is 0.742 bits per heavy atom. The van der Waals surface area contributed by atoms with E-state index < -0.39 is 11.6 Å². The SMILES string of the molecule is CCCCCCCCCCCCc1cc(C(=O)C(=O)c2ccccc2)c(N)c(C)c1C. The average molecular weight is 422 g/mol. The lowest BCUT2D eigenvalue weighted by atomic mass is 9.90. The number of carbonyl (C=O) groups is 2. The lowest BCUT2D eigenvalue weighted by Gasteiger charge is -2.15. The van der Waals surface area contributed by atoms with E-state index in [-0.39, 0.29) is 0 Å². The zero-order valence-electron chi connectivity index (χ0n) is 19.6. The molecule has 168 valence electrons. The monoisotopic (exact) mass is 421 g/mol. The first-order valence-corrected chi connectivity index (χ1v) is 12.0. The summed E-state index contributed by atoms with van der Waals surface area (Å²) in [6.45, 7) is 6.26. The molecule has 0 unspecified atom stereocenters. The highest BCUT2D eigenvalue weighted by Gasteiger charge is 2.23. The minimum Gasteiger partial charge on any atom is -0.398 e. The van der Waals surface area contributed by atoms with Gasteiger partial charge in [0.1, 0.15) is 0 Å². The van der Waals surface area contributed by atoms with E-state index in [2.05, 4.69) is 13.8 Å². The lowest BCUT2D eigenvalue weighted by Crippen LogP contribution is -2.18. The summed E-state index contributed by atoms with van der Waals surface area (Å²) in [5.41, 5.74) is 10.6. The molecule has 0 saturated carbocycles. The molecule has 0 amide bonds. The molecule has 0 spiro atoms. The largest absolute Gasteiger partial charge is 0.398 e. The van der Waals surface area contributed by atoms with E-state index >= 15 is 0 Å². The number of unbranched alkanes of at least 4 members (excludes halogenated alkanes) is 9. The Balaban J connectivity index is 1.92. The minimum absolute atomic E-state index is 0.346. The van der Waals surface area contributed by atoms with Crippen molar-refractivity contribution < 1.29 is 9.59 Å². The fourth-order valence-electron chi connectivity index (χ4n) is 4.10. The first kappa shape index (κ1) is 24.8. The number of aryl methyl sites for hydroxylation is 1. The van der Waals surface area contributed by atoms with Crippen LogP contribution in [0.5, 0.6) is 0 Å². The highest BCUT2D eigenvalue weighted by atomic mass is 16.2. The summed E-state index contributed by atoms with van der Waals surface area (Å²) < 4.78 is 0. The summed E-state index contributed by atoms with van der Waals surface area (Å²) >= 11 is 0. The summed E-state index contributed by atoms with van der Waals surface area (Å²) in [4.78, 5) is 25.5. The van der Waals surface area contributed by atoms with Crippen LogP contribution in [0.3, 0.4) is 0 Å². The minimum atomic E-state index is -0.517. The maximum absolute atomic E-state index is 12.9. The number of nitrogen functional groups attached to an aromatic ring is 1. The molecule has 0 radical (unpaired) electrons. The molecule has 0 heterocycles. The number of hydrogen-bond acceptors (Lipinski definition) is 3. The number of rotatable bonds is 14. The Labute approximate surface area is 188 Å². The van der Waals surface area contributed by atoms with Gasteiger partial charge >= 0.3 is 0 Å². The Kier molecular flexibility index (Phi) is 10.5. The number of nitrogens with two attached hydrogens (primary N) is 1. The Morgan fingerprint density at radius 2 is 1.29 bits per heavy atom. The Bertz CT molecular complexity index is 855. The highest BCUT2D eigenvalue weighted by Crippen LogP contribution is 2.27. The van der Waals surface area contributed by atoms with Gasteiger partial charge in [-0.3, -0.25) is 9.59 Å². The molecule has 0 aromatic heterocycles. The maximum atomic E-state index is 12.9. The molecule has 31 heavy (non-hydrogen) atoms. The zero-order chi connectivity index (χ0) is 22.6. The Morgan fingerprint density at radius 3 is 1.87 bits per heavy atom. The van der Waals surface area contributed by atoms with Crippen molar-refractivity contribution in [3.63, 3.8) is 0 Å². The van der Waals surface area contributed by atoms with Crippen LogP contribution in [0.1, 0.15) is 109 Å². The van der Waals surface area contributed by atoms with Gasteiger partial charge in [0, 0.05) is 16.8 Å². The second-order valence-corrected chi connectivity index (χ2v) is 8.70. The highest BCUT2D eigenvalue weighted by molar-refractivity contribution is 6.50. The van der Waals surface area contributed by atoms with Crippen molar-refractivity contribution in [1.29, 1.82) is 0 Å². The lowest BCUT2D eigenvalue weighted by molar-refractivity contribution is 0.0817. The van der Waals surface area contributed by atoms with Gasteiger partial charge in [0.25, 0.3) is 0 Å². The molecule has 0 aliphatic heterocycles. The maximum Gasteiger partial charge on any atom is 0.235 e. The van der Waals surface area contributed by atoms with E-state index in [4.69, 9.17) is 5.73 Å². The predicted octanol–water partition coefficient (Wildman–Crippen LogP) is 7.41. The molecule has 0 atom stereocenters. The van der Waals surface area contributed by atoms with Crippen molar-refractivity contribution in [3.05, 3.63) is 64.2 Å². The predicted molar refractivity (Wildman–Crippen MR) is 131 cm³/mol. The van der Waals surface area contributed by atoms with Crippen LogP contribution in [-0.2, 0) is 6.42 Å². The number of ketones is 2. The summed E-state index contributed by atoms with van der Waals surface area (Å²) in [5.74, 6) is -1.02. The first-order chi connectivity index (χ1) is 15.0. The average Bonchev–Trinajstić information content (AvgIpc) is 2.79. The van der Waals surface area contributed by atoms with Gasteiger partial charge in [-0.15, -0.1) is 0 Å². The number of benzene rings is 2. The van der Waals surface area contributed by atoms with Crippen LogP contribution >= 0.6 is 0 Å². The van der Waals surface area contributed by atoms with Gasteiger partial charge in [-0.05, 0) is 49.4 Å². The van der Waals surface area contributed by atoms with E-state index in [1.807, 2.05) is 19.1 Å². The van der Waals surface area contributed by atoms with Gasteiger partial charge in [0.05, 0.1) is 0 Å². The molecule has 3 nitrogen and oxygen atoms in total. The molecule has 2 aromatic carbocycles. The fraction of sp³-hybridized carbons (Fsp3) is 0.500. The van der Waals surface area contributed by atoms with Crippen LogP contribution in [0.2, 0.25) is 0 Å². The second-order valence-electron chi connectivity index (χ2n) is 8.70. The van der Waals surface area contributed by atoms with E-state index in [1.54, 1.807) is 24.3 Å². The number of carbonyl (C=O) groups excluding carboxylic acids is 2. The summed E-state index contributed by atoms with van der Waals surface area (Å²) in [6.07, 6.45) is 13.9. The van der Waals surface area contributed by atoms with Gasteiger partial charge in [0.2, 0.25) is 11.6 Å². The van der Waals surface area contributed by atoms with Gasteiger partial charge in [-0.2, -0.15) is 0 Å². The third-order valence-corrected chi connectivity index (χ3v) is 6.34. The van der Waals surface area contributed by atoms with Crippen LogP contribution in [0.25, 0.3) is 0 Å². The normalized spacial score (nSPS) is 10.9. The number of hydrogen-bond donors (Lipinski definition) is 1. The van der Waals surface area contributed by atoms with Crippen molar-refractivity contribution in [2.24, 2.45) is 0 Å². The number of anilines is 1. The van der Waals surface area contributed by atoms with Crippen LogP contribution in [0.15, 0.2) is 36.4 Å². The van der Waals surface area contributed by atoms with Crippen molar-refractivity contribution in [1.82, 2.24) is 0 Å². The van der Waals surface area contributed by atoms with Gasteiger partial charge in [-0.25, -0.2) is 0 Å². The molecule has 2 aromatic rings. The molecule has 0 fully saturated rings. The molecular weight excluding hydrogens is 382 g/mol. The number of Topliss-reactive ketones (excluding diaryl/α,β-unsaturated/α-hetero) is 2. The Hall–Kier alpha value is -2.42. The molecule has 3 heteroatoms. The molecule has 0 bridgehead atoms. The topological polar surface area (TPSA) is 60.2 Å². The van der Waals surface area contributed by atoms with Gasteiger partial charge < -0.3 is 5.73 Å². The molecule has 2 N–H and O–H groups in total. The molecule has 0 aliphatic rings. The second kappa shape index (κ2) is 13.1. The zero-order valence-corrected chi connectivity index (χ0v) is 19.6. The fourth-order valence-corrected chi connectivity index (χ4v) is 4.10. The third kappa shape index (κ3) is 7.34. The molecular formula is C28H39NO2. The smallest absolute Gasteiger partial charge is 0.235 e. The van der Waals surface area contributed by atoms with E-state index in [1.165, 1.54) is 57.8 Å². The molecule has 2 rings (SSSR count). The van der Waals surface area contributed by atoms with E-state index in [0.717, 1.165) is 29.5 Å². The summed E-state index contributed by atoms with van der Waals surface area (Å²) in [7, 11) is 0. The van der Waals surface area contributed by atoms with Gasteiger partial charge in [-0.1, -0.05) is 95.0 Å². The standard InChI is InChI=1S/C28H39NO2/c1-4-5-6-7-8-9-10-11-12-14-19-24-20-25(26(29)22(3)21(24)2)28(31)27(30)23-17-15-13-16-18-23/h13,15-18,20H,4-12,14,19,29H2,1-3H3. The van der Waals surface area contributed by atoms with Crippen molar-refractivity contribution >= 4 is 17.3 Å². The molecule has 0 saturated heterocycles. The van der Waals surface area contributed by atoms with Crippen LogP contribution in [-0.4, -0.2) is 11.6 Å². The summed E-state index contributed by atoms with van der Waals surface area (Å²) in [5, 5.41) is 0. The van der Waals surface area contributed by atoms with Crippen LogP contribution in [0.4, 0.5) is 5.69 Å². The van der Waals surface area contributed by atoms with Crippen molar-refractivity contribution in [2.75, 3.05) is 5.73 Å². The first-order valence-electron chi connectivity index (χ1n) is 12.0. The van der Waals surface area contributed by atoms with E-state index in [9.17, 15) is 9.59 Å². The molecule has 0 aliphatic carbocycles. The van der Waals surface area contributed by atoms with E-state index in [0.29, 0.717) is 16.8 Å². The summed E-state index contributed by atoms with van der Waals surface area (Å²) in [6, 6.07) is 10.6. The quantitative estimate of drug-likeness (QED) is 0.149. The van der Waals surface area contributed by atoms with Crippen molar-refractivity contribution in [2.45, 2.75) is 91.4 Å². The third-order valence-electron chi connectivity index (χ3n) is 6.34.